The Morgan fingerprint density at radius 2 is 2.11 bits per heavy atom. The molecule has 2 N–H and O–H groups in total. The second-order valence-electron chi connectivity index (χ2n) is 6.02. The highest BCUT2D eigenvalue weighted by atomic mass is 32.2. The highest BCUT2D eigenvalue weighted by Crippen LogP contribution is 2.44. The molecule has 1 saturated heterocycles. The quantitative estimate of drug-likeness (QED) is 0.665. The van der Waals surface area contributed by atoms with Gasteiger partial charge in [-0.25, -0.2) is 0 Å². The van der Waals surface area contributed by atoms with Crippen LogP contribution in [0.3, 0.4) is 0 Å². The van der Waals surface area contributed by atoms with E-state index in [4.69, 9.17) is 10.5 Å². The first-order valence-electron chi connectivity index (χ1n) is 7.34. The molecule has 1 atom stereocenters. The minimum Gasteiger partial charge on any atom is -0.398 e. The first kappa shape index (κ1) is 13.3. The molecule has 2 nitrogen and oxygen atoms in total. The molecule has 1 saturated carbocycles. The van der Waals surface area contributed by atoms with Crippen LogP contribution in [0.25, 0.3) is 0 Å². The molecule has 0 amide bonds. The molecule has 1 spiro atoms. The highest BCUT2D eigenvalue weighted by Gasteiger charge is 2.41. The predicted octanol–water partition coefficient (Wildman–Crippen LogP) is 4.16. The Kier molecular flexibility index (Phi) is 3.77. The average Bonchev–Trinajstić information content (AvgIpc) is 2.99. The van der Waals surface area contributed by atoms with E-state index in [0.29, 0.717) is 6.10 Å². The molecule has 104 valence electrons. The van der Waals surface area contributed by atoms with E-state index in [9.17, 15) is 0 Å². The van der Waals surface area contributed by atoms with E-state index in [0.717, 1.165) is 11.4 Å². The van der Waals surface area contributed by atoms with Crippen molar-refractivity contribution in [3.8, 4) is 0 Å². The first-order valence-corrected chi connectivity index (χ1v) is 8.32. The third kappa shape index (κ3) is 2.92. The molecule has 0 radical (unpaired) electrons. The summed E-state index contributed by atoms with van der Waals surface area (Å²) in [6, 6.07) is 6.32. The fraction of sp³-hybridized carbons (Fsp3) is 0.625. The summed E-state index contributed by atoms with van der Waals surface area (Å²) in [7, 11) is 0. The number of rotatable bonds is 3. The molecule has 1 aromatic rings. The maximum atomic E-state index is 6.33. The van der Waals surface area contributed by atoms with Crippen molar-refractivity contribution < 1.29 is 4.74 Å². The molecular formula is C16H23NOS. The first-order chi connectivity index (χ1) is 9.17. The van der Waals surface area contributed by atoms with Crippen molar-refractivity contribution in [1.29, 1.82) is 0 Å². The van der Waals surface area contributed by atoms with Crippen LogP contribution in [-0.4, -0.2) is 17.5 Å². The van der Waals surface area contributed by atoms with Crippen molar-refractivity contribution >= 4 is 17.4 Å². The normalized spacial score (nSPS) is 25.2. The van der Waals surface area contributed by atoms with Gasteiger partial charge in [-0.15, -0.1) is 11.8 Å². The van der Waals surface area contributed by atoms with Gasteiger partial charge >= 0.3 is 0 Å². The van der Waals surface area contributed by atoms with Gasteiger partial charge in [0.1, 0.15) is 0 Å². The maximum absolute atomic E-state index is 6.33. The number of aryl methyl sites for hydroxylation is 1. The smallest absolute Gasteiger partial charge is 0.0687 e. The number of hydrogen-bond acceptors (Lipinski definition) is 3. The molecule has 0 bridgehead atoms. The lowest BCUT2D eigenvalue weighted by Gasteiger charge is -2.23. The van der Waals surface area contributed by atoms with Gasteiger partial charge in [0, 0.05) is 16.3 Å². The molecule has 19 heavy (non-hydrogen) atoms. The van der Waals surface area contributed by atoms with Gasteiger partial charge in [0.2, 0.25) is 0 Å². The van der Waals surface area contributed by atoms with Crippen molar-refractivity contribution in [1.82, 2.24) is 0 Å². The number of benzene rings is 1. The van der Waals surface area contributed by atoms with Gasteiger partial charge in [0.25, 0.3) is 0 Å². The van der Waals surface area contributed by atoms with Gasteiger partial charge in [-0.2, -0.15) is 0 Å². The van der Waals surface area contributed by atoms with E-state index in [1.54, 1.807) is 0 Å². The fourth-order valence-electron chi connectivity index (χ4n) is 3.38. The predicted molar refractivity (Wildman–Crippen MR) is 81.6 cm³/mol. The third-order valence-corrected chi connectivity index (χ3v) is 5.66. The molecule has 3 rings (SSSR count). The zero-order chi connectivity index (χ0) is 13.3. The van der Waals surface area contributed by atoms with Crippen LogP contribution in [0, 0.1) is 6.92 Å². The second-order valence-corrected chi connectivity index (χ2v) is 7.08. The summed E-state index contributed by atoms with van der Waals surface area (Å²) in [6.07, 6.45) is 8.17. The Bertz CT molecular complexity index is 454. The van der Waals surface area contributed by atoms with Crippen molar-refractivity contribution in [3.05, 3.63) is 23.8 Å². The zero-order valence-corrected chi connectivity index (χ0v) is 12.5. The third-order valence-electron chi connectivity index (χ3n) is 4.44. The van der Waals surface area contributed by atoms with E-state index in [2.05, 4.69) is 25.1 Å². The zero-order valence-electron chi connectivity index (χ0n) is 11.7. The van der Waals surface area contributed by atoms with Crippen LogP contribution < -0.4 is 5.73 Å². The molecule has 0 aromatic heterocycles. The topological polar surface area (TPSA) is 35.2 Å². The lowest BCUT2D eigenvalue weighted by Crippen LogP contribution is -2.25. The summed E-state index contributed by atoms with van der Waals surface area (Å²) in [4.78, 5) is 1.20. The number of thioether (sulfide) groups is 1. The summed E-state index contributed by atoms with van der Waals surface area (Å²) < 4.78 is 6.33. The number of nitrogens with two attached hydrogens (primary N) is 1. The summed E-state index contributed by atoms with van der Waals surface area (Å²) in [5, 5.41) is 0. The van der Waals surface area contributed by atoms with Gasteiger partial charge in [0.15, 0.2) is 0 Å². The van der Waals surface area contributed by atoms with Gasteiger partial charge in [-0.1, -0.05) is 18.9 Å². The van der Waals surface area contributed by atoms with Gasteiger partial charge in [-0.3, -0.25) is 0 Å². The van der Waals surface area contributed by atoms with Crippen LogP contribution in [0.2, 0.25) is 0 Å². The van der Waals surface area contributed by atoms with Crippen LogP contribution in [0.15, 0.2) is 23.1 Å². The Balaban J connectivity index is 1.55. The minimum atomic E-state index is 0.254. The van der Waals surface area contributed by atoms with E-state index in [1.807, 2.05) is 11.8 Å². The summed E-state index contributed by atoms with van der Waals surface area (Å²) in [5.74, 6) is 1.04. The number of anilines is 1. The van der Waals surface area contributed by atoms with E-state index >= 15 is 0 Å². The number of ether oxygens (including phenoxy) is 1. The van der Waals surface area contributed by atoms with Gasteiger partial charge in [-0.05, 0) is 50.3 Å². The Hall–Kier alpha value is -0.670. The van der Waals surface area contributed by atoms with Gasteiger partial charge < -0.3 is 10.5 Å². The molecule has 3 heteroatoms. The molecule has 2 fully saturated rings. The van der Waals surface area contributed by atoms with Crippen LogP contribution in [0.5, 0.6) is 0 Å². The second kappa shape index (κ2) is 5.37. The average molecular weight is 277 g/mol. The van der Waals surface area contributed by atoms with Crippen molar-refractivity contribution in [2.75, 3.05) is 11.5 Å². The maximum Gasteiger partial charge on any atom is 0.0687 e. The van der Waals surface area contributed by atoms with E-state index < -0.39 is 0 Å². The fourth-order valence-corrected chi connectivity index (χ4v) is 4.37. The Morgan fingerprint density at radius 3 is 2.84 bits per heavy atom. The van der Waals surface area contributed by atoms with Crippen LogP contribution in [-0.2, 0) is 4.74 Å². The van der Waals surface area contributed by atoms with Crippen LogP contribution >= 0.6 is 11.8 Å². The molecule has 1 heterocycles. The van der Waals surface area contributed by atoms with E-state index in [-0.39, 0.29) is 5.60 Å². The molecule has 1 unspecified atom stereocenters. The molecule has 1 aliphatic heterocycles. The van der Waals surface area contributed by atoms with Crippen molar-refractivity contribution in [2.24, 2.45) is 0 Å². The molecule has 1 aromatic carbocycles. The van der Waals surface area contributed by atoms with Crippen LogP contribution in [0.4, 0.5) is 5.69 Å². The van der Waals surface area contributed by atoms with Crippen molar-refractivity contribution in [2.45, 2.75) is 62.0 Å². The molecular weight excluding hydrogens is 254 g/mol. The van der Waals surface area contributed by atoms with Crippen LogP contribution in [0.1, 0.15) is 44.1 Å². The minimum absolute atomic E-state index is 0.254. The van der Waals surface area contributed by atoms with Crippen molar-refractivity contribution in [3.63, 3.8) is 0 Å². The number of nitrogen functional groups attached to an aromatic ring is 1. The molecule has 2 aliphatic rings. The summed E-state index contributed by atoms with van der Waals surface area (Å²) >= 11 is 1.85. The van der Waals surface area contributed by atoms with E-state index in [1.165, 1.54) is 49.0 Å². The summed E-state index contributed by atoms with van der Waals surface area (Å²) in [6.45, 7) is 2.08. The lowest BCUT2D eigenvalue weighted by atomic mass is 9.98. The Labute approximate surface area is 120 Å². The lowest BCUT2D eigenvalue weighted by molar-refractivity contribution is -0.0267. The van der Waals surface area contributed by atoms with Gasteiger partial charge in [0.05, 0.1) is 11.7 Å². The highest BCUT2D eigenvalue weighted by molar-refractivity contribution is 7.99. The SMILES string of the molecule is Cc1ccc(SCC2CCC3(CCCC3)O2)c(N)c1. The standard InChI is InChI=1S/C16H23NOS/c1-12-4-5-15(14(17)10-12)19-11-13-6-9-16(18-13)7-2-3-8-16/h4-5,10,13H,2-3,6-9,11,17H2,1H3. The molecule has 1 aliphatic carbocycles. The monoisotopic (exact) mass is 277 g/mol. The Morgan fingerprint density at radius 1 is 1.32 bits per heavy atom. The number of hydrogen-bond donors (Lipinski definition) is 1. The largest absolute Gasteiger partial charge is 0.398 e. The summed E-state index contributed by atoms with van der Waals surface area (Å²) in [5.41, 5.74) is 8.44.